The molecule has 2 unspecified atom stereocenters. The van der Waals surface area contributed by atoms with Crippen LogP contribution in [0.25, 0.3) is 0 Å². The van der Waals surface area contributed by atoms with Gasteiger partial charge in [0.15, 0.2) is 0 Å². The molecule has 0 aromatic carbocycles. The largest absolute Gasteiger partial charge is 0.395 e. The molecule has 1 saturated carbocycles. The van der Waals surface area contributed by atoms with E-state index in [0.717, 1.165) is 19.3 Å². The van der Waals surface area contributed by atoms with Gasteiger partial charge in [0.2, 0.25) is 0 Å². The smallest absolute Gasteiger partial charge is 0.311 e. The molecule has 0 aromatic heterocycles. The summed E-state index contributed by atoms with van der Waals surface area (Å²) < 4.78 is 0. The normalized spacial score (nSPS) is 23.5. The Morgan fingerprint density at radius 2 is 2.00 bits per heavy atom. The lowest BCUT2D eigenvalue weighted by Crippen LogP contribution is -2.49. The third-order valence-corrected chi connectivity index (χ3v) is 3.66. The minimum absolute atomic E-state index is 0.114. The third kappa shape index (κ3) is 3.98. The van der Waals surface area contributed by atoms with Crippen LogP contribution in [0.1, 0.15) is 39.5 Å². The zero-order valence-electron chi connectivity index (χ0n) is 11.3. The molecule has 0 aromatic rings. The van der Waals surface area contributed by atoms with E-state index >= 15 is 0 Å². The SMILES string of the molecule is CCN(CCO)C(=O)C(=O)NC1CCCCC1C. The van der Waals surface area contributed by atoms with E-state index in [1.54, 1.807) is 6.92 Å². The van der Waals surface area contributed by atoms with Crippen molar-refractivity contribution in [2.24, 2.45) is 5.92 Å². The summed E-state index contributed by atoms with van der Waals surface area (Å²) in [5.41, 5.74) is 0. The molecule has 1 aliphatic rings. The summed E-state index contributed by atoms with van der Waals surface area (Å²) in [6.07, 6.45) is 4.37. The van der Waals surface area contributed by atoms with Crippen LogP contribution in [-0.2, 0) is 9.59 Å². The molecule has 1 aliphatic carbocycles. The maximum Gasteiger partial charge on any atom is 0.311 e. The number of carbonyl (C=O) groups is 2. The summed E-state index contributed by atoms with van der Waals surface area (Å²) in [5, 5.41) is 11.7. The lowest BCUT2D eigenvalue weighted by atomic mass is 9.86. The van der Waals surface area contributed by atoms with Crippen molar-refractivity contribution >= 4 is 11.8 Å². The first-order valence-corrected chi connectivity index (χ1v) is 6.80. The van der Waals surface area contributed by atoms with Crippen LogP contribution in [0.5, 0.6) is 0 Å². The van der Waals surface area contributed by atoms with Gasteiger partial charge in [-0.05, 0) is 25.7 Å². The average Bonchev–Trinajstić information content (AvgIpc) is 2.37. The van der Waals surface area contributed by atoms with Crippen LogP contribution >= 0.6 is 0 Å². The summed E-state index contributed by atoms with van der Waals surface area (Å²) in [7, 11) is 0. The first-order valence-electron chi connectivity index (χ1n) is 6.80. The van der Waals surface area contributed by atoms with Gasteiger partial charge in [0.05, 0.1) is 6.61 Å². The van der Waals surface area contributed by atoms with Crippen LogP contribution < -0.4 is 5.32 Å². The van der Waals surface area contributed by atoms with Crippen molar-refractivity contribution in [3.8, 4) is 0 Å². The van der Waals surface area contributed by atoms with Gasteiger partial charge < -0.3 is 15.3 Å². The third-order valence-electron chi connectivity index (χ3n) is 3.66. The van der Waals surface area contributed by atoms with Crippen LogP contribution in [0.4, 0.5) is 0 Å². The maximum atomic E-state index is 11.8. The zero-order chi connectivity index (χ0) is 13.5. The molecular weight excluding hydrogens is 232 g/mol. The van der Waals surface area contributed by atoms with Gasteiger partial charge in [0.25, 0.3) is 0 Å². The molecule has 0 aliphatic heterocycles. The highest BCUT2D eigenvalue weighted by molar-refractivity contribution is 6.35. The van der Waals surface area contributed by atoms with Gasteiger partial charge in [-0.15, -0.1) is 0 Å². The molecule has 104 valence electrons. The van der Waals surface area contributed by atoms with Gasteiger partial charge in [-0.2, -0.15) is 0 Å². The van der Waals surface area contributed by atoms with Gasteiger partial charge in [-0.25, -0.2) is 0 Å². The van der Waals surface area contributed by atoms with Gasteiger partial charge in [-0.1, -0.05) is 19.8 Å². The molecule has 1 fully saturated rings. The predicted molar refractivity (Wildman–Crippen MR) is 68.9 cm³/mol. The van der Waals surface area contributed by atoms with Gasteiger partial charge >= 0.3 is 11.8 Å². The molecule has 0 saturated heterocycles. The van der Waals surface area contributed by atoms with Crippen LogP contribution in [0.15, 0.2) is 0 Å². The second kappa shape index (κ2) is 7.36. The van der Waals surface area contributed by atoms with E-state index in [0.29, 0.717) is 12.5 Å². The van der Waals surface area contributed by atoms with Crippen LogP contribution in [-0.4, -0.2) is 47.6 Å². The molecule has 2 N–H and O–H groups in total. The molecule has 0 heterocycles. The van der Waals surface area contributed by atoms with E-state index in [9.17, 15) is 9.59 Å². The molecule has 0 bridgehead atoms. The Hall–Kier alpha value is -1.10. The minimum Gasteiger partial charge on any atom is -0.395 e. The number of hydrogen-bond donors (Lipinski definition) is 2. The fourth-order valence-corrected chi connectivity index (χ4v) is 2.43. The van der Waals surface area contributed by atoms with E-state index in [1.165, 1.54) is 11.3 Å². The number of carbonyl (C=O) groups excluding carboxylic acids is 2. The van der Waals surface area contributed by atoms with Gasteiger partial charge in [-0.3, -0.25) is 9.59 Å². The Labute approximate surface area is 109 Å². The highest BCUT2D eigenvalue weighted by Crippen LogP contribution is 2.23. The summed E-state index contributed by atoms with van der Waals surface area (Å²) >= 11 is 0. The number of likely N-dealkylation sites (N-methyl/N-ethyl adjacent to an activating group) is 1. The monoisotopic (exact) mass is 256 g/mol. The first kappa shape index (κ1) is 15.0. The maximum absolute atomic E-state index is 11.8. The first-order chi connectivity index (χ1) is 8.60. The van der Waals surface area contributed by atoms with Gasteiger partial charge in [0.1, 0.15) is 0 Å². The molecule has 18 heavy (non-hydrogen) atoms. The second-order valence-corrected chi connectivity index (χ2v) is 4.95. The van der Waals surface area contributed by atoms with Crippen LogP contribution in [0.2, 0.25) is 0 Å². The van der Waals surface area contributed by atoms with Crippen molar-refractivity contribution < 1.29 is 14.7 Å². The van der Waals surface area contributed by atoms with Gasteiger partial charge in [0, 0.05) is 19.1 Å². The fraction of sp³-hybridized carbons (Fsp3) is 0.846. The second-order valence-electron chi connectivity index (χ2n) is 4.95. The van der Waals surface area contributed by atoms with Crippen molar-refractivity contribution in [3.05, 3.63) is 0 Å². The topological polar surface area (TPSA) is 69.6 Å². The van der Waals surface area contributed by atoms with Crippen LogP contribution in [0, 0.1) is 5.92 Å². The summed E-state index contributed by atoms with van der Waals surface area (Å²) in [5.74, 6) is -0.642. The Balaban J connectivity index is 2.50. The van der Waals surface area contributed by atoms with Crippen molar-refractivity contribution in [1.82, 2.24) is 10.2 Å². The molecule has 0 radical (unpaired) electrons. The summed E-state index contributed by atoms with van der Waals surface area (Å²) in [4.78, 5) is 25.1. The Bertz CT molecular complexity index is 294. The fourth-order valence-electron chi connectivity index (χ4n) is 2.43. The molecular formula is C13H24N2O3. The Kier molecular flexibility index (Phi) is 6.12. The standard InChI is InChI=1S/C13H24N2O3/c1-3-15(8-9-16)13(18)12(17)14-11-7-5-4-6-10(11)2/h10-11,16H,3-9H2,1-2H3,(H,14,17). The summed E-state index contributed by atoms with van der Waals surface area (Å²) in [6.45, 7) is 4.44. The quantitative estimate of drug-likeness (QED) is 0.721. The molecule has 5 nitrogen and oxygen atoms in total. The average molecular weight is 256 g/mol. The van der Waals surface area contributed by atoms with E-state index in [4.69, 9.17) is 5.11 Å². The minimum atomic E-state index is -0.538. The Morgan fingerprint density at radius 1 is 1.33 bits per heavy atom. The molecule has 2 atom stereocenters. The van der Waals surface area contributed by atoms with E-state index in [1.807, 2.05) is 0 Å². The number of nitrogens with zero attached hydrogens (tertiary/aromatic N) is 1. The lowest BCUT2D eigenvalue weighted by molar-refractivity contribution is -0.146. The number of aliphatic hydroxyl groups excluding tert-OH is 1. The molecule has 0 spiro atoms. The summed E-state index contributed by atoms with van der Waals surface area (Å²) in [6, 6.07) is 0.114. The van der Waals surface area contributed by atoms with Crippen molar-refractivity contribution in [2.45, 2.75) is 45.6 Å². The number of nitrogens with one attached hydrogen (secondary N) is 1. The molecule has 1 rings (SSSR count). The van der Waals surface area contributed by atoms with E-state index < -0.39 is 11.8 Å². The van der Waals surface area contributed by atoms with Crippen molar-refractivity contribution in [3.63, 3.8) is 0 Å². The lowest BCUT2D eigenvalue weighted by Gasteiger charge is -2.30. The zero-order valence-corrected chi connectivity index (χ0v) is 11.3. The van der Waals surface area contributed by atoms with Crippen molar-refractivity contribution in [1.29, 1.82) is 0 Å². The Morgan fingerprint density at radius 3 is 2.56 bits per heavy atom. The van der Waals surface area contributed by atoms with E-state index in [-0.39, 0.29) is 19.2 Å². The molecule has 5 heteroatoms. The van der Waals surface area contributed by atoms with Crippen LogP contribution in [0.3, 0.4) is 0 Å². The number of hydrogen-bond acceptors (Lipinski definition) is 3. The highest BCUT2D eigenvalue weighted by Gasteiger charge is 2.27. The molecule has 2 amide bonds. The highest BCUT2D eigenvalue weighted by atomic mass is 16.3. The van der Waals surface area contributed by atoms with E-state index in [2.05, 4.69) is 12.2 Å². The predicted octanol–water partition coefficient (Wildman–Crippen LogP) is 0.522. The number of aliphatic hydroxyl groups is 1. The van der Waals surface area contributed by atoms with Crippen molar-refractivity contribution in [2.75, 3.05) is 19.7 Å². The number of amides is 2. The number of rotatable bonds is 4.